The molecule has 4 heteroatoms. The van der Waals surface area contributed by atoms with Gasteiger partial charge in [0.05, 0.1) is 0 Å². The van der Waals surface area contributed by atoms with E-state index < -0.39 is 0 Å². The number of fused-ring (bicyclic) bond motifs is 6. The van der Waals surface area contributed by atoms with Crippen molar-refractivity contribution >= 4 is 78.0 Å². The maximum Gasteiger partial charge on any atom is 0.143 e. The van der Waals surface area contributed by atoms with Crippen molar-refractivity contribution < 1.29 is 8.83 Å². The molecule has 0 aliphatic heterocycles. The fraction of sp³-hybridized carbons (Fsp3) is 0. The van der Waals surface area contributed by atoms with Gasteiger partial charge in [-0.3, -0.25) is 0 Å². The highest BCUT2D eigenvalue weighted by Gasteiger charge is 2.18. The van der Waals surface area contributed by atoms with E-state index >= 15 is 0 Å². The summed E-state index contributed by atoms with van der Waals surface area (Å²) < 4.78 is 12.7. The van der Waals surface area contributed by atoms with E-state index in [2.05, 4.69) is 277 Å². The van der Waals surface area contributed by atoms with Gasteiger partial charge in [0.25, 0.3) is 0 Å². The molecule has 0 aliphatic rings. The van der Waals surface area contributed by atoms with Crippen LogP contribution in [0.25, 0.3) is 99.5 Å². The predicted octanol–water partition coefficient (Wildman–Crippen LogP) is 20.8. The molecule has 0 fully saturated rings. The molecule has 0 spiro atoms. The normalized spacial score (nSPS) is 11.4. The molecular weight excluding hydrogens is 925 g/mol. The largest absolute Gasteiger partial charge is 0.456 e. The zero-order valence-electron chi connectivity index (χ0n) is 41.4. The van der Waals surface area contributed by atoms with Crippen molar-refractivity contribution in [3.05, 3.63) is 291 Å². The molecule has 0 N–H and O–H groups in total. The summed E-state index contributed by atoms with van der Waals surface area (Å²) in [5.41, 5.74) is 21.4. The molecule has 0 saturated heterocycles. The van der Waals surface area contributed by atoms with Gasteiger partial charge < -0.3 is 18.6 Å². The van der Waals surface area contributed by atoms with Crippen LogP contribution in [0.4, 0.5) is 34.1 Å². The van der Waals surface area contributed by atoms with Crippen LogP contribution in [0, 0.1) is 0 Å². The van der Waals surface area contributed by atoms with Crippen LogP contribution in [-0.4, -0.2) is 0 Å². The maximum absolute atomic E-state index is 6.46. The molecule has 14 aromatic rings. The lowest BCUT2D eigenvalue weighted by atomic mass is 10.0. The van der Waals surface area contributed by atoms with Crippen molar-refractivity contribution in [1.82, 2.24) is 0 Å². The molecule has 14 rings (SSSR count). The van der Waals surface area contributed by atoms with Gasteiger partial charge in [-0.15, -0.1) is 0 Å². The zero-order valence-corrected chi connectivity index (χ0v) is 41.4. The number of hydrogen-bond acceptors (Lipinski definition) is 4. The summed E-state index contributed by atoms with van der Waals surface area (Å²) in [6.45, 7) is 0. The van der Waals surface area contributed by atoms with E-state index in [9.17, 15) is 0 Å². The van der Waals surface area contributed by atoms with Crippen molar-refractivity contribution in [3.8, 4) is 55.6 Å². The van der Waals surface area contributed by atoms with Crippen LogP contribution in [0.2, 0.25) is 0 Å². The molecule has 0 unspecified atom stereocenters. The average molecular weight is 973 g/mol. The highest BCUT2D eigenvalue weighted by Crippen LogP contribution is 2.42. The Labute approximate surface area is 441 Å². The molecule has 0 atom stereocenters. The monoisotopic (exact) mass is 972 g/mol. The number of furan rings is 2. The molecule has 0 radical (unpaired) electrons. The van der Waals surface area contributed by atoms with Gasteiger partial charge in [-0.2, -0.15) is 0 Å². The van der Waals surface area contributed by atoms with Crippen LogP contribution in [0.1, 0.15) is 0 Å². The van der Waals surface area contributed by atoms with Crippen LogP contribution in [-0.2, 0) is 0 Å². The Bertz CT molecular complexity index is 4250. The van der Waals surface area contributed by atoms with Crippen LogP contribution < -0.4 is 9.80 Å². The van der Waals surface area contributed by atoms with Gasteiger partial charge in [0, 0.05) is 61.2 Å². The van der Waals surface area contributed by atoms with E-state index in [1.54, 1.807) is 0 Å². The first-order chi connectivity index (χ1) is 37.6. The van der Waals surface area contributed by atoms with Crippen molar-refractivity contribution in [2.75, 3.05) is 9.80 Å². The Hall–Kier alpha value is -10.2. The molecule has 12 aromatic carbocycles. The SMILES string of the molecule is c1ccc(-c2ccc(N(c3ccc(-c4ccccc4)cc3)c3ccc(-c4ccc(N(c5ccc(-c6ccc7c(c6)oc6ccccc67)cc5)c5ccc(-c6cccc7c6oc6ccccc67)cc5)cc4)cc3)cc2)cc1. The minimum absolute atomic E-state index is 0.887. The zero-order chi connectivity index (χ0) is 50.4. The Morgan fingerprint density at radius 3 is 0.961 bits per heavy atom. The number of rotatable bonds is 11. The van der Waals surface area contributed by atoms with Crippen molar-refractivity contribution in [3.63, 3.8) is 0 Å². The van der Waals surface area contributed by atoms with Gasteiger partial charge >= 0.3 is 0 Å². The molecular formula is C72H48N2O2. The van der Waals surface area contributed by atoms with Gasteiger partial charge in [-0.25, -0.2) is 0 Å². The van der Waals surface area contributed by atoms with E-state index in [0.29, 0.717) is 0 Å². The Morgan fingerprint density at radius 2 is 0.513 bits per heavy atom. The van der Waals surface area contributed by atoms with Gasteiger partial charge in [0.15, 0.2) is 0 Å². The molecule has 0 aliphatic carbocycles. The van der Waals surface area contributed by atoms with E-state index in [-0.39, 0.29) is 0 Å². The topological polar surface area (TPSA) is 32.8 Å². The van der Waals surface area contributed by atoms with Crippen LogP contribution in [0.15, 0.2) is 300 Å². The first-order valence-electron chi connectivity index (χ1n) is 25.8. The smallest absolute Gasteiger partial charge is 0.143 e. The lowest BCUT2D eigenvalue weighted by molar-refractivity contribution is 0.669. The van der Waals surface area contributed by atoms with Crippen LogP contribution >= 0.6 is 0 Å². The van der Waals surface area contributed by atoms with E-state index in [0.717, 1.165) is 111 Å². The fourth-order valence-corrected chi connectivity index (χ4v) is 10.8. The molecule has 76 heavy (non-hydrogen) atoms. The van der Waals surface area contributed by atoms with Gasteiger partial charge in [0.2, 0.25) is 0 Å². The van der Waals surface area contributed by atoms with Crippen molar-refractivity contribution in [2.45, 2.75) is 0 Å². The molecule has 358 valence electrons. The summed E-state index contributed by atoms with van der Waals surface area (Å²) in [6.07, 6.45) is 0. The first-order valence-corrected chi connectivity index (χ1v) is 25.8. The number of hydrogen-bond donors (Lipinski definition) is 0. The third-order valence-corrected chi connectivity index (χ3v) is 14.7. The number of nitrogens with zero attached hydrogens (tertiary/aromatic N) is 2. The summed E-state index contributed by atoms with van der Waals surface area (Å²) in [7, 11) is 0. The van der Waals surface area contributed by atoms with E-state index in [4.69, 9.17) is 8.83 Å². The summed E-state index contributed by atoms with van der Waals surface area (Å²) >= 11 is 0. The molecule has 2 heterocycles. The lowest BCUT2D eigenvalue weighted by Crippen LogP contribution is -2.10. The minimum atomic E-state index is 0.887. The predicted molar refractivity (Wildman–Crippen MR) is 318 cm³/mol. The fourth-order valence-electron chi connectivity index (χ4n) is 10.8. The summed E-state index contributed by atoms with van der Waals surface area (Å²) in [5, 5.41) is 4.50. The van der Waals surface area contributed by atoms with Gasteiger partial charge in [-0.1, -0.05) is 194 Å². The summed E-state index contributed by atoms with van der Waals surface area (Å²) in [5.74, 6) is 0. The second-order valence-corrected chi connectivity index (χ2v) is 19.3. The van der Waals surface area contributed by atoms with Crippen molar-refractivity contribution in [2.24, 2.45) is 0 Å². The quantitative estimate of drug-likeness (QED) is 0.129. The van der Waals surface area contributed by atoms with Gasteiger partial charge in [0.1, 0.15) is 22.3 Å². The Balaban J connectivity index is 0.794. The highest BCUT2D eigenvalue weighted by atomic mass is 16.3. The average Bonchev–Trinajstić information content (AvgIpc) is 4.10. The molecule has 2 aromatic heterocycles. The molecule has 4 nitrogen and oxygen atoms in total. The minimum Gasteiger partial charge on any atom is -0.456 e. The third-order valence-electron chi connectivity index (χ3n) is 14.7. The number of benzene rings is 12. The summed E-state index contributed by atoms with van der Waals surface area (Å²) in [6, 6.07) is 104. The second kappa shape index (κ2) is 19.0. The summed E-state index contributed by atoms with van der Waals surface area (Å²) in [4.78, 5) is 4.66. The van der Waals surface area contributed by atoms with Crippen LogP contribution in [0.3, 0.4) is 0 Å². The van der Waals surface area contributed by atoms with E-state index in [1.807, 2.05) is 24.3 Å². The molecule has 0 saturated carbocycles. The Morgan fingerprint density at radius 1 is 0.197 bits per heavy atom. The number of anilines is 6. The number of para-hydroxylation sites is 3. The van der Waals surface area contributed by atoms with E-state index in [1.165, 1.54) is 22.3 Å². The van der Waals surface area contributed by atoms with Crippen LogP contribution in [0.5, 0.6) is 0 Å². The van der Waals surface area contributed by atoms with Crippen molar-refractivity contribution in [1.29, 1.82) is 0 Å². The first kappa shape index (κ1) is 44.5. The second-order valence-electron chi connectivity index (χ2n) is 19.3. The molecule has 0 bridgehead atoms. The highest BCUT2D eigenvalue weighted by molar-refractivity contribution is 6.10. The lowest BCUT2D eigenvalue weighted by Gasteiger charge is -2.27. The maximum atomic E-state index is 6.46. The standard InChI is InChI=1S/C72H48N2O2/c1-3-12-49(13-4-1)51-22-35-58(36-23-51)73(59-37-24-52(25-38-59)50-14-5-2-6-15-50)60-39-26-53(27-40-60)54-28-41-61(42-29-54)74(62-43-30-55(31-44-62)57-34-47-67-65-16-7-9-20-69(65)75-71(67)48-57)63-45-32-56(33-46-63)64-18-11-19-68-66-17-8-10-21-70(66)76-72(64)68/h1-48H. The van der Waals surface area contributed by atoms with Gasteiger partial charge in [-0.05, 0) is 147 Å². The molecule has 0 amide bonds. The Kier molecular flexibility index (Phi) is 11.2. The third kappa shape index (κ3) is 8.25.